The van der Waals surface area contributed by atoms with Crippen LogP contribution in [0.2, 0.25) is 5.02 Å². The summed E-state index contributed by atoms with van der Waals surface area (Å²) in [6.45, 7) is 0. The number of rotatable bonds is 0. The van der Waals surface area contributed by atoms with Crippen molar-refractivity contribution in [1.29, 1.82) is 0 Å². The van der Waals surface area contributed by atoms with Crippen LogP contribution in [-0.2, 0) is 0 Å². The van der Waals surface area contributed by atoms with Crippen LogP contribution < -0.4 is 4.74 Å². The topological polar surface area (TPSA) is 35.3 Å². The highest BCUT2D eigenvalue weighted by Crippen LogP contribution is 2.46. The lowest BCUT2D eigenvalue weighted by atomic mass is 10.1. The van der Waals surface area contributed by atoms with Gasteiger partial charge in [0.1, 0.15) is 17.2 Å². The van der Waals surface area contributed by atoms with E-state index in [-0.39, 0.29) is 0 Å². The number of hydrogen-bond acceptors (Lipinski definition) is 3. The second kappa shape index (κ2) is 3.87. The molecular formula is C15H8ClNO2. The number of benzene rings is 2. The molecule has 3 aromatic rings. The van der Waals surface area contributed by atoms with Crippen LogP contribution in [0.4, 0.5) is 0 Å². The van der Waals surface area contributed by atoms with Gasteiger partial charge in [0.25, 0.3) is 0 Å². The van der Waals surface area contributed by atoms with Gasteiger partial charge in [0.2, 0.25) is 0 Å². The summed E-state index contributed by atoms with van der Waals surface area (Å²) in [7, 11) is 0. The van der Waals surface area contributed by atoms with Crippen molar-refractivity contribution in [2.45, 2.75) is 0 Å². The lowest BCUT2D eigenvalue weighted by molar-refractivity contribution is 0.484. The molecule has 2 aromatic carbocycles. The van der Waals surface area contributed by atoms with Crippen molar-refractivity contribution >= 4 is 11.6 Å². The van der Waals surface area contributed by atoms with Crippen LogP contribution in [0.25, 0.3) is 22.6 Å². The Labute approximate surface area is 114 Å². The van der Waals surface area contributed by atoms with Crippen LogP contribution in [0.5, 0.6) is 11.5 Å². The maximum Gasteiger partial charge on any atom is 0.182 e. The molecule has 1 aromatic heterocycles. The highest BCUT2D eigenvalue weighted by Gasteiger charge is 2.24. The van der Waals surface area contributed by atoms with Crippen molar-refractivity contribution in [2.24, 2.45) is 0 Å². The lowest BCUT2D eigenvalue weighted by Crippen LogP contribution is -1.86. The molecule has 0 bridgehead atoms. The molecule has 1 aliphatic rings. The van der Waals surface area contributed by atoms with Crippen LogP contribution in [0.1, 0.15) is 0 Å². The maximum atomic E-state index is 6.06. The number of halogens is 1. The van der Waals surface area contributed by atoms with Gasteiger partial charge in [-0.15, -0.1) is 0 Å². The minimum atomic E-state index is 0.641. The Hall–Kier alpha value is -2.26. The van der Waals surface area contributed by atoms with Crippen LogP contribution in [0.15, 0.2) is 53.3 Å². The first-order valence-electron chi connectivity index (χ1n) is 5.83. The fourth-order valence-corrected chi connectivity index (χ4v) is 2.44. The van der Waals surface area contributed by atoms with Gasteiger partial charge >= 0.3 is 0 Å². The summed E-state index contributed by atoms with van der Waals surface area (Å²) in [5, 5.41) is 0.641. The highest BCUT2D eigenvalue weighted by atomic mass is 35.5. The quantitative estimate of drug-likeness (QED) is 0.461. The molecule has 92 valence electrons. The molecule has 0 fully saturated rings. The molecule has 0 aliphatic carbocycles. The molecule has 4 rings (SSSR count). The fraction of sp³-hybridized carbons (Fsp3) is 0. The summed E-state index contributed by atoms with van der Waals surface area (Å²) in [5.41, 5.74) is 2.48. The first-order chi connectivity index (χ1) is 9.33. The van der Waals surface area contributed by atoms with Crippen LogP contribution in [-0.4, -0.2) is 4.98 Å². The molecule has 0 unspecified atom stereocenters. The predicted octanol–water partition coefficient (Wildman–Crippen LogP) is 4.77. The van der Waals surface area contributed by atoms with Crippen molar-refractivity contribution in [3.05, 3.63) is 53.9 Å². The van der Waals surface area contributed by atoms with Gasteiger partial charge in [0.05, 0.1) is 5.56 Å². The number of oxazole rings is 1. The van der Waals surface area contributed by atoms with Gasteiger partial charge < -0.3 is 9.15 Å². The van der Waals surface area contributed by atoms with E-state index in [4.69, 9.17) is 20.8 Å². The lowest BCUT2D eigenvalue weighted by Gasteiger charge is -2.08. The van der Waals surface area contributed by atoms with Gasteiger partial charge in [-0.25, -0.2) is 4.98 Å². The molecular weight excluding hydrogens is 262 g/mol. The normalized spacial score (nSPS) is 11.8. The average molecular weight is 270 g/mol. The molecule has 0 saturated heterocycles. The monoisotopic (exact) mass is 269 g/mol. The molecule has 0 N–H and O–H groups in total. The van der Waals surface area contributed by atoms with E-state index in [2.05, 4.69) is 4.98 Å². The van der Waals surface area contributed by atoms with Crippen molar-refractivity contribution in [2.75, 3.05) is 0 Å². The second-order valence-corrected chi connectivity index (χ2v) is 4.71. The smallest absolute Gasteiger partial charge is 0.182 e. The zero-order valence-corrected chi connectivity index (χ0v) is 10.5. The maximum absolute atomic E-state index is 6.06. The Morgan fingerprint density at radius 1 is 0.947 bits per heavy atom. The number of fused-ring (bicyclic) bond motifs is 5. The van der Waals surface area contributed by atoms with Crippen molar-refractivity contribution in [3.63, 3.8) is 0 Å². The number of hydrogen-bond donors (Lipinski definition) is 0. The summed E-state index contributed by atoms with van der Waals surface area (Å²) >= 11 is 6.06. The van der Waals surface area contributed by atoms with Crippen LogP contribution in [0.3, 0.4) is 0 Å². The Morgan fingerprint density at radius 2 is 1.79 bits per heavy atom. The predicted molar refractivity (Wildman–Crippen MR) is 72.5 cm³/mol. The van der Waals surface area contributed by atoms with Crippen molar-refractivity contribution in [3.8, 4) is 34.1 Å². The van der Waals surface area contributed by atoms with E-state index in [1.165, 1.54) is 6.39 Å². The molecule has 0 spiro atoms. The average Bonchev–Trinajstić information content (AvgIpc) is 2.86. The standard InChI is InChI=1S/C15H8ClNO2/c16-9-5-6-13-11(7-9)14-15(18-8-17-14)10-3-1-2-4-12(10)19-13/h1-8H. The zero-order chi connectivity index (χ0) is 12.8. The van der Waals surface area contributed by atoms with Gasteiger partial charge in [0, 0.05) is 10.6 Å². The first-order valence-corrected chi connectivity index (χ1v) is 6.21. The summed E-state index contributed by atoms with van der Waals surface area (Å²) in [4.78, 5) is 4.29. The molecule has 19 heavy (non-hydrogen) atoms. The van der Waals surface area contributed by atoms with Gasteiger partial charge in [-0.1, -0.05) is 23.7 Å². The van der Waals surface area contributed by atoms with Crippen molar-refractivity contribution < 1.29 is 9.15 Å². The van der Waals surface area contributed by atoms with E-state index in [0.29, 0.717) is 10.8 Å². The van der Waals surface area contributed by atoms with E-state index < -0.39 is 0 Å². The minimum Gasteiger partial charge on any atom is -0.456 e. The van der Waals surface area contributed by atoms with E-state index >= 15 is 0 Å². The molecule has 0 atom stereocenters. The van der Waals surface area contributed by atoms with Gasteiger partial charge in [-0.05, 0) is 30.3 Å². The molecule has 0 amide bonds. The number of aromatic nitrogens is 1. The van der Waals surface area contributed by atoms with E-state index in [0.717, 1.165) is 28.3 Å². The zero-order valence-electron chi connectivity index (χ0n) is 9.76. The second-order valence-electron chi connectivity index (χ2n) is 4.27. The Kier molecular flexibility index (Phi) is 2.17. The van der Waals surface area contributed by atoms with Gasteiger partial charge in [-0.3, -0.25) is 0 Å². The summed E-state index contributed by atoms with van der Waals surface area (Å²) in [5.74, 6) is 2.18. The molecule has 0 saturated carbocycles. The summed E-state index contributed by atoms with van der Waals surface area (Å²) in [6.07, 6.45) is 1.44. The molecule has 3 nitrogen and oxygen atoms in total. The minimum absolute atomic E-state index is 0.641. The van der Waals surface area contributed by atoms with Gasteiger partial charge in [-0.2, -0.15) is 0 Å². The number of ether oxygens (including phenoxy) is 1. The molecule has 0 radical (unpaired) electrons. The molecule has 2 heterocycles. The van der Waals surface area contributed by atoms with Crippen molar-refractivity contribution in [1.82, 2.24) is 4.98 Å². The third-order valence-electron chi connectivity index (χ3n) is 3.12. The Bertz CT molecular complexity index is 779. The molecule has 1 aliphatic heterocycles. The third kappa shape index (κ3) is 1.55. The van der Waals surface area contributed by atoms with E-state index in [9.17, 15) is 0 Å². The molecule has 4 heteroatoms. The van der Waals surface area contributed by atoms with E-state index in [1.54, 1.807) is 6.07 Å². The summed E-state index contributed by atoms with van der Waals surface area (Å²) in [6, 6.07) is 13.2. The van der Waals surface area contributed by atoms with Gasteiger partial charge in [0.15, 0.2) is 12.2 Å². The first kappa shape index (κ1) is 10.6. The number of nitrogens with zero attached hydrogens (tertiary/aromatic N) is 1. The fourth-order valence-electron chi connectivity index (χ4n) is 2.27. The largest absolute Gasteiger partial charge is 0.456 e. The van der Waals surface area contributed by atoms with Crippen LogP contribution in [0, 0.1) is 0 Å². The van der Waals surface area contributed by atoms with E-state index in [1.807, 2.05) is 36.4 Å². The SMILES string of the molecule is Clc1ccc2c(c1)-c1ncoc1-c1ccccc1O2. The third-order valence-corrected chi connectivity index (χ3v) is 3.35. The Balaban J connectivity index is 2.10. The summed E-state index contributed by atoms with van der Waals surface area (Å²) < 4.78 is 11.5. The highest BCUT2D eigenvalue weighted by molar-refractivity contribution is 6.31. The Morgan fingerprint density at radius 3 is 2.74 bits per heavy atom. The number of para-hydroxylation sites is 1. The van der Waals surface area contributed by atoms with Crippen LogP contribution >= 0.6 is 11.6 Å².